The summed E-state index contributed by atoms with van der Waals surface area (Å²) in [5.41, 5.74) is 0.0681. The number of nitrogens with one attached hydrogen (secondary N) is 2. The second-order valence-electron chi connectivity index (χ2n) is 35.5. The maximum absolute atomic E-state index is 14.3. The molecular formula is C85H110F9N9O13S. The van der Waals surface area contributed by atoms with Crippen LogP contribution in [-0.4, -0.2) is 199 Å². The van der Waals surface area contributed by atoms with Crippen LogP contribution in [0.3, 0.4) is 0 Å². The Hall–Kier alpha value is -7.52. The van der Waals surface area contributed by atoms with Crippen LogP contribution in [0.5, 0.6) is 0 Å². The van der Waals surface area contributed by atoms with Crippen LogP contribution in [0.15, 0.2) is 60.9 Å². The van der Waals surface area contributed by atoms with Gasteiger partial charge in [0.05, 0.1) is 82.1 Å². The highest BCUT2D eigenvalue weighted by Gasteiger charge is 2.63. The Morgan fingerprint density at radius 2 is 1.12 bits per heavy atom. The van der Waals surface area contributed by atoms with Gasteiger partial charge in [0.15, 0.2) is 0 Å². The monoisotopic (exact) mass is 1670 g/mol. The van der Waals surface area contributed by atoms with Gasteiger partial charge in [-0.25, -0.2) is 13.2 Å². The van der Waals surface area contributed by atoms with Crippen molar-refractivity contribution < 1.29 is 101 Å². The molecule has 642 valence electrons. The number of piperidine rings is 2. The van der Waals surface area contributed by atoms with E-state index in [1.165, 1.54) is 7.11 Å². The minimum atomic E-state index is -4.66. The molecule has 2 aromatic heterocycles. The maximum atomic E-state index is 14.3. The van der Waals surface area contributed by atoms with Crippen molar-refractivity contribution in [1.29, 1.82) is 0 Å². The molecule has 5 saturated carbocycles. The van der Waals surface area contributed by atoms with Gasteiger partial charge in [0, 0.05) is 114 Å². The van der Waals surface area contributed by atoms with Gasteiger partial charge in [0.25, 0.3) is 0 Å². The van der Waals surface area contributed by atoms with E-state index in [2.05, 4.69) is 63.6 Å². The largest absolute Gasteiger partial charge is 0.481 e. The molecule has 22 nitrogen and oxygen atoms in total. The molecule has 3 saturated heterocycles. The van der Waals surface area contributed by atoms with E-state index >= 15 is 0 Å². The number of likely N-dealkylation sites (tertiary alicyclic amines) is 2. The molecule has 4 aromatic rings. The summed E-state index contributed by atoms with van der Waals surface area (Å²) in [7, 11) is -0.781. The van der Waals surface area contributed by atoms with Crippen molar-refractivity contribution in [3.05, 3.63) is 122 Å². The van der Waals surface area contributed by atoms with Gasteiger partial charge in [0.1, 0.15) is 0 Å². The first-order valence-corrected chi connectivity index (χ1v) is 43.3. The number of esters is 1. The number of aliphatic carboxylic acids is 2. The molecule has 32 heteroatoms. The third-order valence-electron chi connectivity index (χ3n) is 28.2. The number of aromatic nitrogens is 2. The van der Waals surface area contributed by atoms with Gasteiger partial charge in [-0.1, -0.05) is 39.8 Å². The first-order chi connectivity index (χ1) is 55.2. The zero-order valence-corrected chi connectivity index (χ0v) is 68.3. The maximum Gasteiger partial charge on any atom is 0.417 e. The van der Waals surface area contributed by atoms with Crippen LogP contribution in [0.1, 0.15) is 203 Å². The topological polar surface area (TPSA) is 271 Å². The summed E-state index contributed by atoms with van der Waals surface area (Å²) in [5, 5.41) is 22.5. The molecule has 0 spiro atoms. The van der Waals surface area contributed by atoms with Crippen LogP contribution in [0, 0.1) is 57.7 Å². The highest BCUT2D eigenvalue weighted by atomic mass is 32.2. The fraction of sp³-hybridized carbons (Fsp3) is 0.671. The van der Waals surface area contributed by atoms with E-state index in [9.17, 15) is 86.9 Å². The number of hydrogen-bond donors (Lipinski definition) is 4. The summed E-state index contributed by atoms with van der Waals surface area (Å²) in [6.45, 7) is 14.5. The predicted molar refractivity (Wildman–Crippen MR) is 413 cm³/mol. The van der Waals surface area contributed by atoms with Crippen molar-refractivity contribution in [2.75, 3.05) is 84.2 Å². The Morgan fingerprint density at radius 1 is 0.598 bits per heavy atom. The molecule has 8 fully saturated rings. The van der Waals surface area contributed by atoms with Crippen molar-refractivity contribution >= 4 is 51.3 Å². The average Bonchev–Trinajstić information content (AvgIpc) is 1.58. The molecule has 6 aliphatic heterocycles. The lowest BCUT2D eigenvalue weighted by molar-refractivity contribution is -0.147. The molecule has 0 bridgehead atoms. The van der Waals surface area contributed by atoms with E-state index in [1.807, 2.05) is 12.1 Å². The van der Waals surface area contributed by atoms with Gasteiger partial charge < -0.3 is 54.2 Å². The zero-order chi connectivity index (χ0) is 84.2. The second kappa shape index (κ2) is 34.5. The lowest BCUT2D eigenvalue weighted by atomic mass is 9.73. The lowest BCUT2D eigenvalue weighted by Gasteiger charge is -2.41. The van der Waals surface area contributed by atoms with Crippen molar-refractivity contribution in [3.8, 4) is 0 Å². The number of anilines is 1. The highest BCUT2D eigenvalue weighted by molar-refractivity contribution is 7.92. The first kappa shape index (κ1) is 87.3. The summed E-state index contributed by atoms with van der Waals surface area (Å²) >= 11 is 0. The van der Waals surface area contributed by atoms with E-state index < -0.39 is 79.3 Å². The Morgan fingerprint density at radius 3 is 1.62 bits per heavy atom. The number of methoxy groups -OCH3 is 2. The SMILES string of the molecule is CC(C)[C@]1(C(=O)N2CCc3ncc(C(F)(F)F)cc3C2)CCC(N2CCC(C3CC3C(=O)O)CC2)C1.COC(=O)c1cccc(C2CCN(C3CC[C@@](C(=O)N4CCc5c(cc(C(F)(F)F)cc5NS(C)(=O)=O)C4)(C(C)C)C3)CC2)c1.CO[C@@H]1COCCC1N[C@@H]1CC[C@@](C(=O)N2CCc3ncc(C(F)(F)F)cc3C2)(C2CC2C(=O)O)C1. The number of hydrogen-bond acceptors (Lipinski definition) is 16. The van der Waals surface area contributed by atoms with Crippen molar-refractivity contribution in [2.24, 2.45) is 57.7 Å². The third kappa shape index (κ3) is 19.0. The van der Waals surface area contributed by atoms with E-state index in [4.69, 9.17) is 14.2 Å². The zero-order valence-electron chi connectivity index (χ0n) is 67.5. The summed E-state index contributed by atoms with van der Waals surface area (Å²) < 4.78 is 163. The number of fused-ring (bicyclic) bond motifs is 3. The van der Waals surface area contributed by atoms with Crippen LogP contribution < -0.4 is 10.0 Å². The molecule has 7 unspecified atom stereocenters. The predicted octanol–water partition coefficient (Wildman–Crippen LogP) is 13.1. The molecular weight excluding hydrogens is 1560 g/mol. The average molecular weight is 1670 g/mol. The number of ether oxygens (including phenoxy) is 3. The fourth-order valence-corrected chi connectivity index (χ4v) is 21.8. The smallest absolute Gasteiger partial charge is 0.417 e. The van der Waals surface area contributed by atoms with Gasteiger partial charge in [0.2, 0.25) is 27.7 Å². The Balaban J connectivity index is 0.000000154. The molecule has 12 atom stereocenters. The number of carbonyl (C=O) groups is 6. The van der Waals surface area contributed by atoms with Crippen molar-refractivity contribution in [2.45, 2.75) is 224 Å². The number of carboxylic acid groups (broad SMARTS) is 2. The van der Waals surface area contributed by atoms with Crippen LogP contribution in [-0.2, 0) is 106 Å². The minimum absolute atomic E-state index is 0.00565. The number of nitrogens with zero attached hydrogens (tertiary/aromatic N) is 7. The summed E-state index contributed by atoms with van der Waals surface area (Å²) in [6, 6.07) is 12.4. The Labute approximate surface area is 677 Å². The molecule has 3 amide bonds. The van der Waals surface area contributed by atoms with Crippen LogP contribution in [0.4, 0.5) is 45.2 Å². The fourth-order valence-electron chi connectivity index (χ4n) is 21.2. The third-order valence-corrected chi connectivity index (χ3v) is 28.8. The number of sulfonamides is 1. The molecule has 4 N–H and O–H groups in total. The van der Waals surface area contributed by atoms with Gasteiger partial charge in [-0.15, -0.1) is 0 Å². The molecule has 117 heavy (non-hydrogen) atoms. The van der Waals surface area contributed by atoms with Crippen molar-refractivity contribution in [1.82, 2.24) is 39.8 Å². The first-order valence-electron chi connectivity index (χ1n) is 41.4. The molecule has 0 radical (unpaired) electrons. The van der Waals surface area contributed by atoms with E-state index in [0.29, 0.717) is 141 Å². The van der Waals surface area contributed by atoms with Crippen molar-refractivity contribution in [3.63, 3.8) is 0 Å². The Bertz CT molecular complexity index is 4460. The van der Waals surface area contributed by atoms with E-state index in [-0.39, 0.29) is 103 Å². The minimum Gasteiger partial charge on any atom is -0.481 e. The summed E-state index contributed by atoms with van der Waals surface area (Å²) in [4.78, 5) is 95.4. The molecule has 11 aliphatic rings. The number of pyridine rings is 2. The summed E-state index contributed by atoms with van der Waals surface area (Å²) in [5.74, 6) is -1.65. The number of amides is 3. The molecule has 2 aromatic carbocycles. The molecule has 8 heterocycles. The number of carbonyl (C=O) groups excluding carboxylic acids is 4. The van der Waals surface area contributed by atoms with Gasteiger partial charge in [-0.2, -0.15) is 39.5 Å². The van der Waals surface area contributed by atoms with Crippen LogP contribution >= 0.6 is 0 Å². The van der Waals surface area contributed by atoms with Crippen LogP contribution in [0.2, 0.25) is 0 Å². The highest BCUT2D eigenvalue weighted by Crippen LogP contribution is 2.60. The molecule has 5 aliphatic carbocycles. The quantitative estimate of drug-likeness (QED) is 0.0532. The number of rotatable bonds is 18. The van der Waals surface area contributed by atoms with E-state index in [1.54, 1.807) is 27.9 Å². The Kier molecular flexibility index (Phi) is 25.8. The van der Waals surface area contributed by atoms with Gasteiger partial charge in [-0.05, 0) is 235 Å². The molecule has 15 rings (SSSR count). The van der Waals surface area contributed by atoms with Gasteiger partial charge in [-0.3, -0.25) is 38.7 Å². The summed E-state index contributed by atoms with van der Waals surface area (Å²) in [6.07, 6.45) is 2.61. The number of benzene rings is 2. The number of carboxylic acids is 2. The second-order valence-corrected chi connectivity index (χ2v) is 37.2. The number of halogens is 9. The lowest BCUT2D eigenvalue weighted by Crippen LogP contribution is -2.51. The van der Waals surface area contributed by atoms with Crippen LogP contribution in [0.25, 0.3) is 0 Å². The van der Waals surface area contributed by atoms with E-state index in [0.717, 1.165) is 145 Å². The standard InChI is InChI=1S/C33H42F3N3O5S.C27H36F3N3O3.C25H32F3N3O5/c1-21(2)32(12-8-27(19-32)38-13-9-22(10-14-38)23-6-5-7-24(16-23)30(40)44-3)31(41)39-15-11-28-25(20-39)17-26(33(34,35)36)18-29(28)37-45(4,42)43;1-16(2)26(25(36)33-10-6-23-18(15-33)11-19(14-31-23)27(28,29)30)7-3-20(13-26)32-8-4-17(5-9-32)21-12-22(21)24(34)35;1-35-21-13-36-7-4-20(21)30-16-2-5-24(10-16,18-9-17(18)22(32)33)23(34)31-6-3-19-14(12-31)8-15(11-29-19)25(26,27)28/h5-7,16-18,21-22,27,37H,8-15,19-20H2,1-4H3;11,14,16-17,20-22H,3-10,12-13,15H2,1-2H3,(H,34,35);8,11,16-18,20-21,30H,2-7,9-10,12-13H2,1H3,(H,32,33)/t27?,32-;20?,21?,22?,26-;16-,17?,18?,20?,21-,24+/m001/s1. The normalized spacial score (nSPS) is 29.2. The number of alkyl halides is 9. The van der Waals surface area contributed by atoms with Gasteiger partial charge >= 0.3 is 36.4 Å².